The number of likely N-dealkylation sites (N-methyl/N-ethyl adjacent to an activating group) is 1. The lowest BCUT2D eigenvalue weighted by Gasteiger charge is -2.30. The Morgan fingerprint density at radius 1 is 1.00 bits per heavy atom. The van der Waals surface area contributed by atoms with Gasteiger partial charge < -0.3 is 15.7 Å². The normalized spacial score (nSPS) is 14.6. The Morgan fingerprint density at radius 2 is 1.46 bits per heavy atom. The van der Waals surface area contributed by atoms with Crippen LogP contribution >= 0.6 is 0 Å². The van der Waals surface area contributed by atoms with Crippen molar-refractivity contribution in [2.45, 2.75) is 51.2 Å². The van der Waals surface area contributed by atoms with E-state index in [2.05, 4.69) is 0 Å². The molecule has 0 bridgehead atoms. The molecule has 0 aliphatic rings. The van der Waals surface area contributed by atoms with Gasteiger partial charge in [-0.2, -0.15) is 26.3 Å². The lowest BCUT2D eigenvalue weighted by atomic mass is 9.97. The number of carbonyl (C=O) groups excluding carboxylic acids is 3. The minimum Gasteiger partial charge on any atom is -0.383 e. The number of halogens is 6. The van der Waals surface area contributed by atoms with Gasteiger partial charge in [-0.1, -0.05) is 13.8 Å². The Hall–Kier alpha value is -2.09. The van der Waals surface area contributed by atoms with E-state index in [4.69, 9.17) is 0 Å². The first-order chi connectivity index (χ1) is 12.5. The van der Waals surface area contributed by atoms with Crippen molar-refractivity contribution in [1.82, 2.24) is 15.7 Å². The fourth-order valence-corrected chi connectivity index (χ4v) is 2.07. The third-order valence-corrected chi connectivity index (χ3v) is 3.55. The Kier molecular flexibility index (Phi) is 9.17. The molecule has 0 spiro atoms. The molecular formula is C14H21F6N3O5. The summed E-state index contributed by atoms with van der Waals surface area (Å²) >= 11 is 0. The summed E-state index contributed by atoms with van der Waals surface area (Å²) in [6.45, 7) is 3.45. The Bertz CT molecular complexity index is 553. The van der Waals surface area contributed by atoms with E-state index in [1.54, 1.807) is 13.8 Å². The van der Waals surface area contributed by atoms with E-state index < -0.39 is 53.3 Å². The summed E-state index contributed by atoms with van der Waals surface area (Å²) in [5, 5.41) is 20.7. The summed E-state index contributed by atoms with van der Waals surface area (Å²) in [4.78, 5) is 35.0. The number of amides is 4. The predicted molar refractivity (Wildman–Crippen MR) is 80.7 cm³/mol. The molecule has 0 saturated heterocycles. The van der Waals surface area contributed by atoms with Gasteiger partial charge in [0.25, 0.3) is 5.91 Å². The fourth-order valence-electron chi connectivity index (χ4n) is 2.07. The molecule has 0 aromatic carbocycles. The van der Waals surface area contributed by atoms with Crippen LogP contribution in [-0.2, 0) is 9.59 Å². The number of hydroxylamine groups is 2. The highest BCUT2D eigenvalue weighted by atomic mass is 19.4. The molecule has 2 atom stereocenters. The summed E-state index contributed by atoms with van der Waals surface area (Å²) in [6.07, 6.45) is -13.9. The molecule has 14 heteroatoms. The molecule has 0 heterocycles. The highest BCUT2D eigenvalue weighted by Gasteiger charge is 2.62. The molecule has 28 heavy (non-hydrogen) atoms. The molecule has 4 amide bonds. The first kappa shape index (κ1) is 25.9. The smallest absolute Gasteiger partial charge is 0.383 e. The van der Waals surface area contributed by atoms with Gasteiger partial charge in [-0.3, -0.25) is 14.8 Å². The minimum absolute atomic E-state index is 0.0142. The highest BCUT2D eigenvalue weighted by Crippen LogP contribution is 2.41. The number of aliphatic hydroxyl groups excluding tert-OH is 1. The standard InChI is InChI=1S/C14H21F6N3O5/c1-6(2)4-5-7(24)11(26)23(28)12(27)22-8(10(25)21-3)9(13(15,16)17)14(18,19)20/h6-9,24,28H,4-5H2,1-3H3,(H,21,25)(H,22,27)/t7-,8?/m0/s1. The Morgan fingerprint density at radius 3 is 1.82 bits per heavy atom. The number of nitrogens with one attached hydrogen (secondary N) is 2. The van der Waals surface area contributed by atoms with E-state index in [0.29, 0.717) is 0 Å². The van der Waals surface area contributed by atoms with Crippen molar-refractivity contribution in [1.29, 1.82) is 0 Å². The number of imide groups is 1. The van der Waals surface area contributed by atoms with Crippen LogP contribution in [0.1, 0.15) is 26.7 Å². The molecule has 0 aromatic rings. The maximum atomic E-state index is 12.8. The molecular weight excluding hydrogens is 404 g/mol. The number of urea groups is 1. The van der Waals surface area contributed by atoms with Crippen LogP contribution in [0.15, 0.2) is 0 Å². The van der Waals surface area contributed by atoms with E-state index >= 15 is 0 Å². The Labute approximate surface area is 155 Å². The van der Waals surface area contributed by atoms with Crippen LogP contribution in [-0.4, -0.2) is 64.8 Å². The summed E-state index contributed by atoms with van der Waals surface area (Å²) in [6, 6.07) is -5.37. The number of rotatable bonds is 7. The second-order valence-corrected chi connectivity index (χ2v) is 6.24. The highest BCUT2D eigenvalue weighted by molar-refractivity contribution is 5.97. The summed E-state index contributed by atoms with van der Waals surface area (Å²) in [5.74, 6) is -7.84. The van der Waals surface area contributed by atoms with Gasteiger partial charge in [0.1, 0.15) is 12.1 Å². The number of nitrogens with zero attached hydrogens (tertiary/aromatic N) is 1. The van der Waals surface area contributed by atoms with Crippen molar-refractivity contribution >= 4 is 17.8 Å². The largest absolute Gasteiger partial charge is 0.403 e. The number of alkyl halides is 6. The van der Waals surface area contributed by atoms with Gasteiger partial charge in [0, 0.05) is 7.05 Å². The quantitative estimate of drug-likeness (QED) is 0.281. The molecule has 0 aromatic heterocycles. The molecule has 0 aliphatic heterocycles. The van der Waals surface area contributed by atoms with Crippen LogP contribution in [0.3, 0.4) is 0 Å². The van der Waals surface area contributed by atoms with Crippen molar-refractivity contribution < 1.29 is 51.0 Å². The van der Waals surface area contributed by atoms with E-state index in [0.717, 1.165) is 12.4 Å². The molecule has 0 rings (SSSR count). The third kappa shape index (κ3) is 7.50. The number of hydrogen-bond acceptors (Lipinski definition) is 5. The van der Waals surface area contributed by atoms with Crippen LogP contribution in [0.25, 0.3) is 0 Å². The van der Waals surface area contributed by atoms with Gasteiger partial charge >= 0.3 is 18.4 Å². The molecule has 0 radical (unpaired) electrons. The summed E-state index contributed by atoms with van der Waals surface area (Å²) in [5.41, 5.74) is 0. The number of hydrogen-bond donors (Lipinski definition) is 4. The second kappa shape index (κ2) is 9.91. The van der Waals surface area contributed by atoms with Gasteiger partial charge in [0.2, 0.25) is 5.91 Å². The summed E-state index contributed by atoms with van der Waals surface area (Å²) < 4.78 is 77.1. The molecule has 4 N–H and O–H groups in total. The Balaban J connectivity index is 5.52. The van der Waals surface area contributed by atoms with Crippen LogP contribution in [0, 0.1) is 11.8 Å². The van der Waals surface area contributed by atoms with Crippen molar-refractivity contribution in [3.63, 3.8) is 0 Å². The third-order valence-electron chi connectivity index (χ3n) is 3.55. The minimum atomic E-state index is -5.98. The maximum Gasteiger partial charge on any atom is 0.403 e. The zero-order valence-corrected chi connectivity index (χ0v) is 15.1. The molecule has 0 aliphatic carbocycles. The van der Waals surface area contributed by atoms with Gasteiger partial charge in [-0.25, -0.2) is 4.79 Å². The molecule has 1 unspecified atom stereocenters. The molecule has 0 saturated carbocycles. The topological polar surface area (TPSA) is 119 Å². The van der Waals surface area contributed by atoms with Crippen molar-refractivity contribution in [2.24, 2.45) is 11.8 Å². The van der Waals surface area contributed by atoms with Crippen LogP contribution in [0.2, 0.25) is 0 Å². The molecule has 0 fully saturated rings. The van der Waals surface area contributed by atoms with Crippen LogP contribution in [0.4, 0.5) is 31.1 Å². The van der Waals surface area contributed by atoms with E-state index in [9.17, 15) is 51.0 Å². The number of aliphatic hydroxyl groups is 1. The molecule has 164 valence electrons. The van der Waals surface area contributed by atoms with Crippen LogP contribution < -0.4 is 10.6 Å². The second-order valence-electron chi connectivity index (χ2n) is 6.24. The van der Waals surface area contributed by atoms with E-state index in [1.165, 1.54) is 5.32 Å². The van der Waals surface area contributed by atoms with Gasteiger partial charge in [-0.15, -0.1) is 5.06 Å². The predicted octanol–water partition coefficient (Wildman–Crippen LogP) is 1.57. The SMILES string of the molecule is CNC(=O)C(NC(=O)N(O)C(=O)[C@@H](O)CCC(C)C)C(C(F)(F)F)C(F)(F)F. The van der Waals surface area contributed by atoms with Crippen molar-refractivity contribution in [3.05, 3.63) is 0 Å². The fraction of sp³-hybridized carbons (Fsp3) is 0.786. The van der Waals surface area contributed by atoms with Crippen molar-refractivity contribution in [3.8, 4) is 0 Å². The zero-order valence-electron chi connectivity index (χ0n) is 15.1. The zero-order chi connectivity index (χ0) is 22.4. The first-order valence-electron chi connectivity index (χ1n) is 7.90. The van der Waals surface area contributed by atoms with Gasteiger partial charge in [-0.05, 0) is 18.8 Å². The number of carbonyl (C=O) groups is 3. The first-order valence-corrected chi connectivity index (χ1v) is 7.90. The van der Waals surface area contributed by atoms with E-state index in [1.807, 2.05) is 0 Å². The van der Waals surface area contributed by atoms with Gasteiger partial charge in [0.05, 0.1) is 0 Å². The van der Waals surface area contributed by atoms with Crippen LogP contribution in [0.5, 0.6) is 0 Å². The average molecular weight is 425 g/mol. The van der Waals surface area contributed by atoms with Gasteiger partial charge in [0.15, 0.2) is 5.92 Å². The summed E-state index contributed by atoms with van der Waals surface area (Å²) in [7, 11) is 0.725. The monoisotopic (exact) mass is 425 g/mol. The maximum absolute atomic E-state index is 12.8. The average Bonchev–Trinajstić information content (AvgIpc) is 2.54. The lowest BCUT2D eigenvalue weighted by Crippen LogP contribution is -2.61. The van der Waals surface area contributed by atoms with E-state index in [-0.39, 0.29) is 18.8 Å². The lowest BCUT2D eigenvalue weighted by molar-refractivity contribution is -0.289. The molecule has 8 nitrogen and oxygen atoms in total. The van der Waals surface area contributed by atoms with Crippen molar-refractivity contribution in [2.75, 3.05) is 7.05 Å².